The van der Waals surface area contributed by atoms with Crippen molar-refractivity contribution < 1.29 is 4.39 Å². The molecule has 2 N–H and O–H groups in total. The summed E-state index contributed by atoms with van der Waals surface area (Å²) in [5.41, 5.74) is 1.21. The second kappa shape index (κ2) is 11.4. The van der Waals surface area contributed by atoms with Crippen molar-refractivity contribution in [3.8, 4) is 0 Å². The van der Waals surface area contributed by atoms with E-state index in [1.54, 1.807) is 12.3 Å². The van der Waals surface area contributed by atoms with Crippen molar-refractivity contribution in [2.24, 2.45) is 4.99 Å². The molecular weight excluding hydrogens is 492 g/mol. The van der Waals surface area contributed by atoms with Crippen LogP contribution in [-0.2, 0) is 6.42 Å². The fourth-order valence-electron chi connectivity index (χ4n) is 3.14. The molecule has 0 radical (unpaired) electrons. The molecule has 0 saturated carbocycles. The number of aliphatic imine (C=N–C) groups is 1. The van der Waals surface area contributed by atoms with E-state index >= 15 is 0 Å². The van der Waals surface area contributed by atoms with Crippen LogP contribution in [0.4, 0.5) is 10.2 Å². The number of hydrogen-bond acceptors (Lipinski definition) is 3. The summed E-state index contributed by atoms with van der Waals surface area (Å²) in [7, 11) is 0. The Kier molecular flexibility index (Phi) is 9.24. The summed E-state index contributed by atoms with van der Waals surface area (Å²) in [5, 5.41) is 7.48. The number of anilines is 1. The van der Waals surface area contributed by atoms with E-state index in [4.69, 9.17) is 11.6 Å². The molecule has 0 spiro atoms. The number of halogens is 3. The smallest absolute Gasteiger partial charge is 0.191 e. The van der Waals surface area contributed by atoms with Crippen LogP contribution in [0.15, 0.2) is 47.6 Å². The molecule has 3 rings (SSSR count). The number of hydrogen-bond donors (Lipinski definition) is 2. The van der Waals surface area contributed by atoms with Crippen molar-refractivity contribution in [1.29, 1.82) is 0 Å². The number of aromatic nitrogens is 1. The summed E-state index contributed by atoms with van der Waals surface area (Å²) in [6.45, 7) is 4.99. The molecule has 1 atom stereocenters. The fourth-order valence-corrected chi connectivity index (χ4v) is 3.27. The van der Waals surface area contributed by atoms with Crippen LogP contribution < -0.4 is 15.5 Å². The van der Waals surface area contributed by atoms with Crippen LogP contribution in [0.3, 0.4) is 0 Å². The minimum atomic E-state index is -0.276. The highest BCUT2D eigenvalue weighted by Gasteiger charge is 2.25. The first-order chi connectivity index (χ1) is 13.2. The largest absolute Gasteiger partial charge is 0.357 e. The van der Waals surface area contributed by atoms with Gasteiger partial charge in [-0.15, -0.1) is 24.0 Å². The topological polar surface area (TPSA) is 52.6 Å². The molecule has 5 nitrogen and oxygen atoms in total. The van der Waals surface area contributed by atoms with Crippen molar-refractivity contribution in [2.75, 3.05) is 31.1 Å². The summed E-state index contributed by atoms with van der Waals surface area (Å²) >= 11 is 5.92. The Bertz CT molecular complexity index is 771. The first-order valence-electron chi connectivity index (χ1n) is 9.30. The van der Waals surface area contributed by atoms with E-state index in [1.807, 2.05) is 36.1 Å². The lowest BCUT2D eigenvalue weighted by Gasteiger charge is -2.20. The normalized spacial score (nSPS) is 16.6. The van der Waals surface area contributed by atoms with Gasteiger partial charge in [-0.3, -0.25) is 4.99 Å². The maximum atomic E-state index is 13.9. The summed E-state index contributed by atoms with van der Waals surface area (Å²) in [6, 6.07) is 11.1. The van der Waals surface area contributed by atoms with E-state index in [1.165, 1.54) is 11.6 Å². The van der Waals surface area contributed by atoms with Crippen LogP contribution in [-0.4, -0.2) is 43.2 Å². The number of nitrogens with one attached hydrogen (secondary N) is 2. The molecule has 1 aromatic heterocycles. The SMILES string of the molecule is CCNC(=NCCc1ccc(Cl)cc1)NC1CCN(c2ncccc2F)C1.I. The van der Waals surface area contributed by atoms with Crippen LogP contribution in [0, 0.1) is 5.82 Å². The van der Waals surface area contributed by atoms with Gasteiger partial charge in [0.2, 0.25) is 0 Å². The molecule has 1 unspecified atom stereocenters. The summed E-state index contributed by atoms with van der Waals surface area (Å²) < 4.78 is 13.9. The summed E-state index contributed by atoms with van der Waals surface area (Å²) in [4.78, 5) is 10.8. The molecule has 1 aliphatic rings. The van der Waals surface area contributed by atoms with Crippen molar-refractivity contribution in [2.45, 2.75) is 25.8 Å². The molecule has 1 aliphatic heterocycles. The molecule has 1 saturated heterocycles. The lowest BCUT2D eigenvalue weighted by atomic mass is 10.1. The molecule has 8 heteroatoms. The van der Waals surface area contributed by atoms with E-state index in [0.29, 0.717) is 18.9 Å². The van der Waals surface area contributed by atoms with Crippen molar-refractivity contribution in [1.82, 2.24) is 15.6 Å². The van der Waals surface area contributed by atoms with Gasteiger partial charge in [-0.2, -0.15) is 0 Å². The Morgan fingerprint density at radius 2 is 2.11 bits per heavy atom. The highest BCUT2D eigenvalue weighted by molar-refractivity contribution is 14.0. The zero-order valence-corrected chi connectivity index (χ0v) is 19.0. The van der Waals surface area contributed by atoms with Crippen LogP contribution >= 0.6 is 35.6 Å². The number of benzene rings is 1. The number of guanidine groups is 1. The molecule has 2 aromatic rings. The zero-order chi connectivity index (χ0) is 19.1. The maximum absolute atomic E-state index is 13.9. The van der Waals surface area contributed by atoms with Crippen molar-refractivity contribution in [3.05, 3.63) is 59.0 Å². The monoisotopic (exact) mass is 517 g/mol. The van der Waals surface area contributed by atoms with Crippen molar-refractivity contribution >= 4 is 47.4 Å². The predicted molar refractivity (Wildman–Crippen MR) is 124 cm³/mol. The van der Waals surface area contributed by atoms with Gasteiger partial charge in [-0.1, -0.05) is 23.7 Å². The number of pyridine rings is 1. The number of nitrogens with zero attached hydrogens (tertiary/aromatic N) is 3. The molecule has 28 heavy (non-hydrogen) atoms. The van der Waals surface area contributed by atoms with E-state index in [0.717, 1.165) is 36.9 Å². The minimum Gasteiger partial charge on any atom is -0.357 e. The van der Waals surface area contributed by atoms with E-state index in [9.17, 15) is 4.39 Å². The van der Waals surface area contributed by atoms with Crippen LogP contribution in [0.1, 0.15) is 18.9 Å². The molecule has 0 amide bonds. The van der Waals surface area contributed by atoms with E-state index in [2.05, 4.69) is 20.6 Å². The van der Waals surface area contributed by atoms with Gasteiger partial charge in [-0.25, -0.2) is 9.37 Å². The Hall–Kier alpha value is -1.61. The molecule has 1 fully saturated rings. The van der Waals surface area contributed by atoms with Crippen molar-refractivity contribution in [3.63, 3.8) is 0 Å². The van der Waals surface area contributed by atoms with Gasteiger partial charge in [0, 0.05) is 43.4 Å². The Morgan fingerprint density at radius 1 is 1.32 bits per heavy atom. The molecule has 152 valence electrons. The summed E-state index contributed by atoms with van der Waals surface area (Å²) in [6.07, 6.45) is 3.39. The predicted octanol–water partition coefficient (Wildman–Crippen LogP) is 3.87. The van der Waals surface area contributed by atoms with Crippen LogP contribution in [0.25, 0.3) is 0 Å². The zero-order valence-electron chi connectivity index (χ0n) is 15.9. The number of rotatable bonds is 6. The Morgan fingerprint density at radius 3 is 2.82 bits per heavy atom. The van der Waals surface area contributed by atoms with Gasteiger partial charge < -0.3 is 15.5 Å². The average Bonchev–Trinajstić information content (AvgIpc) is 3.12. The third kappa shape index (κ3) is 6.48. The second-order valence-corrected chi connectivity index (χ2v) is 6.96. The van der Waals surface area contributed by atoms with E-state index in [-0.39, 0.29) is 35.8 Å². The molecule has 1 aromatic carbocycles. The molecular formula is C20H26ClFIN5. The maximum Gasteiger partial charge on any atom is 0.191 e. The van der Waals surface area contributed by atoms with Gasteiger partial charge in [0.15, 0.2) is 17.6 Å². The van der Waals surface area contributed by atoms with Gasteiger partial charge in [0.1, 0.15) is 0 Å². The van der Waals surface area contributed by atoms with Crippen LogP contribution in [0.2, 0.25) is 5.02 Å². The standard InChI is InChI=1S/C20H25ClFN5.HI/c1-2-23-20(25-12-9-15-5-7-16(21)8-6-15)26-17-10-13-27(14-17)19-18(22)4-3-11-24-19;/h3-8,11,17H,2,9-10,12-14H2,1H3,(H2,23,25,26);1H. The summed E-state index contributed by atoms with van der Waals surface area (Å²) in [5.74, 6) is 0.938. The second-order valence-electron chi connectivity index (χ2n) is 6.52. The third-order valence-corrected chi connectivity index (χ3v) is 4.75. The quantitative estimate of drug-likeness (QED) is 0.347. The van der Waals surface area contributed by atoms with Gasteiger partial charge in [-0.05, 0) is 49.6 Å². The molecule has 0 bridgehead atoms. The van der Waals surface area contributed by atoms with Gasteiger partial charge >= 0.3 is 0 Å². The molecule has 2 heterocycles. The Balaban J connectivity index is 0.00000280. The lowest BCUT2D eigenvalue weighted by molar-refractivity contribution is 0.612. The minimum absolute atomic E-state index is 0. The van der Waals surface area contributed by atoms with Gasteiger partial charge in [0.25, 0.3) is 0 Å². The Labute approximate surface area is 187 Å². The first kappa shape index (κ1) is 22.7. The van der Waals surface area contributed by atoms with Gasteiger partial charge in [0.05, 0.1) is 0 Å². The average molecular weight is 518 g/mol. The van der Waals surface area contributed by atoms with Crippen LogP contribution in [0.5, 0.6) is 0 Å². The first-order valence-corrected chi connectivity index (χ1v) is 9.68. The highest BCUT2D eigenvalue weighted by atomic mass is 127. The lowest BCUT2D eigenvalue weighted by Crippen LogP contribution is -2.44. The third-order valence-electron chi connectivity index (χ3n) is 4.50. The highest BCUT2D eigenvalue weighted by Crippen LogP contribution is 2.20. The molecule has 0 aliphatic carbocycles. The van der Waals surface area contributed by atoms with E-state index < -0.39 is 0 Å². The fraction of sp³-hybridized carbons (Fsp3) is 0.400.